The lowest BCUT2D eigenvalue weighted by Crippen LogP contribution is -2.50. The van der Waals surface area contributed by atoms with Gasteiger partial charge in [-0.3, -0.25) is 9.69 Å². The first kappa shape index (κ1) is 16.3. The molecule has 1 heterocycles. The van der Waals surface area contributed by atoms with E-state index in [1.807, 2.05) is 0 Å². The highest BCUT2D eigenvalue weighted by Gasteiger charge is 2.29. The van der Waals surface area contributed by atoms with Gasteiger partial charge < -0.3 is 10.2 Å². The summed E-state index contributed by atoms with van der Waals surface area (Å²) in [6, 6.07) is 6.86. The maximum Gasteiger partial charge on any atom is 0.234 e. The number of rotatable bonds is 5. The fourth-order valence-electron chi connectivity index (χ4n) is 3.44. The van der Waals surface area contributed by atoms with Crippen LogP contribution >= 0.6 is 0 Å². The molecule has 1 aliphatic heterocycles. The Hall–Kier alpha value is -1.55. The molecule has 3 rings (SSSR count). The fourth-order valence-corrected chi connectivity index (χ4v) is 3.44. The molecule has 0 unspecified atom stereocenters. The predicted molar refractivity (Wildman–Crippen MR) is 94.9 cm³/mol. The first-order valence-electron chi connectivity index (χ1n) is 8.87. The minimum Gasteiger partial charge on any atom is -0.369 e. The van der Waals surface area contributed by atoms with Crippen LogP contribution in [0.3, 0.4) is 0 Å². The minimum absolute atomic E-state index is 0.185. The molecule has 0 radical (unpaired) electrons. The average Bonchev–Trinajstić information content (AvgIpc) is 3.36. The number of nitrogens with one attached hydrogen (secondary N) is 1. The lowest BCUT2D eigenvalue weighted by Gasteiger charge is -2.36. The van der Waals surface area contributed by atoms with Crippen molar-refractivity contribution in [3.8, 4) is 0 Å². The van der Waals surface area contributed by atoms with Gasteiger partial charge in [-0.1, -0.05) is 12.1 Å². The van der Waals surface area contributed by atoms with Gasteiger partial charge >= 0.3 is 0 Å². The summed E-state index contributed by atoms with van der Waals surface area (Å²) in [5, 5.41) is 3.15. The van der Waals surface area contributed by atoms with Gasteiger partial charge in [-0.05, 0) is 56.7 Å². The van der Waals surface area contributed by atoms with Crippen molar-refractivity contribution < 1.29 is 4.79 Å². The van der Waals surface area contributed by atoms with Gasteiger partial charge in [0.2, 0.25) is 5.91 Å². The Kier molecular flexibility index (Phi) is 4.90. The molecular formula is C19H29N3O. The van der Waals surface area contributed by atoms with Gasteiger partial charge in [0.15, 0.2) is 0 Å². The monoisotopic (exact) mass is 315 g/mol. The number of hydrogen-bond acceptors (Lipinski definition) is 3. The molecule has 1 aromatic carbocycles. The zero-order valence-corrected chi connectivity index (χ0v) is 14.6. The van der Waals surface area contributed by atoms with Crippen LogP contribution in [0.4, 0.5) is 5.69 Å². The van der Waals surface area contributed by atoms with Crippen LogP contribution in [-0.2, 0) is 4.79 Å². The molecule has 2 fully saturated rings. The summed E-state index contributed by atoms with van der Waals surface area (Å²) in [7, 11) is 0. The Morgan fingerprint density at radius 2 is 1.91 bits per heavy atom. The van der Waals surface area contributed by atoms with Crippen molar-refractivity contribution in [3.63, 3.8) is 0 Å². The van der Waals surface area contributed by atoms with Crippen LogP contribution in [0.2, 0.25) is 0 Å². The summed E-state index contributed by atoms with van der Waals surface area (Å²) in [5.41, 5.74) is 4.06. The Morgan fingerprint density at radius 3 is 2.57 bits per heavy atom. The van der Waals surface area contributed by atoms with Crippen molar-refractivity contribution in [1.29, 1.82) is 0 Å². The van der Waals surface area contributed by atoms with E-state index in [1.54, 1.807) is 0 Å². The quantitative estimate of drug-likeness (QED) is 0.906. The second-order valence-electron chi connectivity index (χ2n) is 7.18. The summed E-state index contributed by atoms with van der Waals surface area (Å²) < 4.78 is 0. The maximum absolute atomic E-state index is 12.1. The van der Waals surface area contributed by atoms with Crippen molar-refractivity contribution in [2.24, 2.45) is 5.92 Å². The van der Waals surface area contributed by atoms with Gasteiger partial charge in [0.25, 0.3) is 0 Å². The molecule has 0 spiro atoms. The number of nitrogens with zero attached hydrogens (tertiary/aromatic N) is 2. The number of amides is 1. The fraction of sp³-hybridized carbons (Fsp3) is 0.632. The lowest BCUT2D eigenvalue weighted by atomic mass is 10.1. The van der Waals surface area contributed by atoms with Crippen LogP contribution in [0.25, 0.3) is 0 Å². The number of carbonyl (C=O) groups is 1. The number of aryl methyl sites for hydroxylation is 1. The highest BCUT2D eigenvalue weighted by atomic mass is 16.2. The van der Waals surface area contributed by atoms with E-state index in [4.69, 9.17) is 0 Å². The van der Waals surface area contributed by atoms with Gasteiger partial charge in [0, 0.05) is 37.9 Å². The van der Waals surface area contributed by atoms with Crippen molar-refractivity contribution in [2.45, 2.75) is 39.7 Å². The molecule has 0 aromatic heterocycles. The highest BCUT2D eigenvalue weighted by Crippen LogP contribution is 2.32. The van der Waals surface area contributed by atoms with E-state index in [0.717, 1.165) is 32.1 Å². The Labute approximate surface area is 139 Å². The van der Waals surface area contributed by atoms with Crippen LogP contribution < -0.4 is 10.2 Å². The van der Waals surface area contributed by atoms with E-state index in [2.05, 4.69) is 54.1 Å². The second-order valence-corrected chi connectivity index (χ2v) is 7.18. The third-order valence-electron chi connectivity index (χ3n) is 5.37. The summed E-state index contributed by atoms with van der Waals surface area (Å²) >= 11 is 0. The Balaban J connectivity index is 1.48. The zero-order chi connectivity index (χ0) is 16.4. The third-order valence-corrected chi connectivity index (χ3v) is 5.37. The highest BCUT2D eigenvalue weighted by molar-refractivity contribution is 5.78. The SMILES string of the molecule is Cc1cccc(N2CCN(CC(=O)N[C@@H](C)C3CC3)CC2)c1C. The second kappa shape index (κ2) is 6.91. The van der Waals surface area contributed by atoms with Gasteiger partial charge in [0.05, 0.1) is 6.54 Å². The van der Waals surface area contributed by atoms with E-state index in [1.165, 1.54) is 29.7 Å². The van der Waals surface area contributed by atoms with Crippen molar-refractivity contribution in [1.82, 2.24) is 10.2 Å². The van der Waals surface area contributed by atoms with Gasteiger partial charge in [-0.15, -0.1) is 0 Å². The summed E-state index contributed by atoms with van der Waals surface area (Å²) in [6.07, 6.45) is 2.55. The van der Waals surface area contributed by atoms with Crippen LogP contribution in [0.5, 0.6) is 0 Å². The lowest BCUT2D eigenvalue weighted by molar-refractivity contribution is -0.123. The topological polar surface area (TPSA) is 35.6 Å². The van der Waals surface area contributed by atoms with E-state index in [-0.39, 0.29) is 5.91 Å². The number of hydrogen-bond donors (Lipinski definition) is 1. The van der Waals surface area contributed by atoms with Gasteiger partial charge in [0.1, 0.15) is 0 Å². The van der Waals surface area contributed by atoms with Crippen molar-refractivity contribution in [3.05, 3.63) is 29.3 Å². The predicted octanol–water partition coefficient (Wildman–Crippen LogP) is 2.34. The molecule has 126 valence electrons. The van der Waals surface area contributed by atoms with E-state index >= 15 is 0 Å². The molecule has 1 aromatic rings. The number of carbonyl (C=O) groups excluding carboxylic acids is 1. The maximum atomic E-state index is 12.1. The number of benzene rings is 1. The molecule has 2 aliphatic rings. The molecule has 0 bridgehead atoms. The third kappa shape index (κ3) is 4.05. The molecule has 23 heavy (non-hydrogen) atoms. The van der Waals surface area contributed by atoms with Crippen molar-refractivity contribution >= 4 is 11.6 Å². The molecule has 4 heteroatoms. The summed E-state index contributed by atoms with van der Waals surface area (Å²) in [6.45, 7) is 10.9. The summed E-state index contributed by atoms with van der Waals surface area (Å²) in [5.74, 6) is 0.907. The van der Waals surface area contributed by atoms with E-state index in [0.29, 0.717) is 12.6 Å². The number of anilines is 1. The smallest absolute Gasteiger partial charge is 0.234 e. The first-order chi connectivity index (χ1) is 11.0. The summed E-state index contributed by atoms with van der Waals surface area (Å²) in [4.78, 5) is 16.9. The van der Waals surface area contributed by atoms with Crippen LogP contribution in [0.15, 0.2) is 18.2 Å². The molecule has 1 saturated heterocycles. The Morgan fingerprint density at radius 1 is 1.22 bits per heavy atom. The van der Waals surface area contributed by atoms with E-state index in [9.17, 15) is 4.79 Å². The van der Waals surface area contributed by atoms with Gasteiger partial charge in [-0.25, -0.2) is 0 Å². The molecule has 4 nitrogen and oxygen atoms in total. The standard InChI is InChI=1S/C19H29N3O/c1-14-5-4-6-18(15(14)2)22-11-9-21(10-12-22)13-19(23)20-16(3)17-7-8-17/h4-6,16-17H,7-13H2,1-3H3,(H,20,23)/t16-/m0/s1. The molecule has 1 saturated carbocycles. The molecule has 1 amide bonds. The Bertz CT molecular complexity index is 560. The molecule has 1 aliphatic carbocycles. The van der Waals surface area contributed by atoms with Crippen LogP contribution in [-0.4, -0.2) is 49.6 Å². The zero-order valence-electron chi connectivity index (χ0n) is 14.6. The largest absolute Gasteiger partial charge is 0.369 e. The average molecular weight is 315 g/mol. The number of piperazine rings is 1. The van der Waals surface area contributed by atoms with Crippen LogP contribution in [0.1, 0.15) is 30.9 Å². The molecule has 1 N–H and O–H groups in total. The van der Waals surface area contributed by atoms with Crippen molar-refractivity contribution in [2.75, 3.05) is 37.6 Å². The first-order valence-corrected chi connectivity index (χ1v) is 8.87. The molecular weight excluding hydrogens is 286 g/mol. The molecule has 1 atom stereocenters. The van der Waals surface area contributed by atoms with E-state index < -0.39 is 0 Å². The minimum atomic E-state index is 0.185. The van der Waals surface area contributed by atoms with Crippen LogP contribution in [0, 0.1) is 19.8 Å². The van der Waals surface area contributed by atoms with Gasteiger partial charge in [-0.2, -0.15) is 0 Å². The normalized spacial score (nSPS) is 20.4.